The van der Waals surface area contributed by atoms with Crippen molar-refractivity contribution in [3.05, 3.63) is 6.20 Å². The van der Waals surface area contributed by atoms with E-state index in [4.69, 9.17) is 5.73 Å². The van der Waals surface area contributed by atoms with Crippen molar-refractivity contribution < 1.29 is 8.42 Å². The Morgan fingerprint density at radius 1 is 1.41 bits per heavy atom. The number of rotatable bonds is 3. The number of sulfonamides is 1. The lowest BCUT2D eigenvalue weighted by Crippen LogP contribution is -2.52. The van der Waals surface area contributed by atoms with Crippen LogP contribution in [0, 0.1) is 0 Å². The topological polar surface area (TPSA) is 107 Å². The van der Waals surface area contributed by atoms with Crippen LogP contribution in [0.15, 0.2) is 11.1 Å². The third kappa shape index (κ3) is 2.75. The van der Waals surface area contributed by atoms with Crippen molar-refractivity contribution in [2.45, 2.75) is 4.90 Å². The van der Waals surface area contributed by atoms with Crippen LogP contribution in [0.5, 0.6) is 0 Å². The number of piperazine rings is 1. The van der Waals surface area contributed by atoms with Crippen LogP contribution in [0.2, 0.25) is 0 Å². The van der Waals surface area contributed by atoms with Crippen molar-refractivity contribution in [3.8, 4) is 0 Å². The minimum absolute atomic E-state index is 0.0172. The molecule has 0 spiro atoms. The average molecular weight is 260 g/mol. The minimum atomic E-state index is -3.63. The monoisotopic (exact) mass is 260 g/mol. The molecule has 8 nitrogen and oxygen atoms in total. The van der Waals surface area contributed by atoms with Crippen molar-refractivity contribution in [2.24, 2.45) is 0 Å². The van der Waals surface area contributed by atoms with Crippen LogP contribution in [-0.2, 0) is 10.0 Å². The molecule has 1 aliphatic rings. The second-order valence-corrected chi connectivity index (χ2v) is 5.66. The molecule has 0 unspecified atom stereocenters. The number of H-pyrrole nitrogens is 1. The quantitative estimate of drug-likeness (QED) is 0.606. The Bertz CT molecular complexity index is 476. The zero-order chi connectivity index (χ0) is 12.5. The first kappa shape index (κ1) is 12.3. The predicted octanol–water partition coefficient (Wildman–Crippen LogP) is -1.57. The Balaban J connectivity index is 2.06. The van der Waals surface area contributed by atoms with Gasteiger partial charge in [0.2, 0.25) is 0 Å². The van der Waals surface area contributed by atoms with Gasteiger partial charge in [-0.1, -0.05) is 0 Å². The van der Waals surface area contributed by atoms with Gasteiger partial charge in [0.15, 0.2) is 0 Å². The van der Waals surface area contributed by atoms with Crippen LogP contribution in [-0.4, -0.2) is 61.8 Å². The maximum Gasteiger partial charge on any atom is 0.258 e. The molecule has 2 rings (SSSR count). The number of hydrogen-bond donors (Lipinski definition) is 3. The van der Waals surface area contributed by atoms with Gasteiger partial charge < -0.3 is 10.6 Å². The number of nitrogens with one attached hydrogen (secondary N) is 2. The lowest BCUT2D eigenvalue weighted by atomic mass is 10.4. The van der Waals surface area contributed by atoms with Crippen molar-refractivity contribution in [3.63, 3.8) is 0 Å². The molecular formula is C8H16N6O2S. The van der Waals surface area contributed by atoms with Gasteiger partial charge in [-0.15, -0.1) is 4.83 Å². The van der Waals surface area contributed by atoms with E-state index < -0.39 is 10.0 Å². The molecule has 4 N–H and O–H groups in total. The standard InChI is InChI=1S/C8H16N6O2S/c1-13-2-4-14(5-3-13)12-17(15,16)7-6-10-11-8(7)9/h6,12H,2-5H2,1H3,(H3,9,10,11). The second kappa shape index (κ2) is 4.61. The molecule has 96 valence electrons. The number of nitrogens with zero attached hydrogens (tertiary/aromatic N) is 3. The van der Waals surface area contributed by atoms with Crippen LogP contribution in [0.4, 0.5) is 5.82 Å². The first-order valence-electron chi connectivity index (χ1n) is 5.24. The number of anilines is 1. The van der Waals surface area contributed by atoms with Gasteiger partial charge in [-0.25, -0.2) is 13.4 Å². The van der Waals surface area contributed by atoms with Crippen LogP contribution < -0.4 is 10.6 Å². The van der Waals surface area contributed by atoms with Gasteiger partial charge in [0, 0.05) is 26.2 Å². The summed E-state index contributed by atoms with van der Waals surface area (Å²) in [7, 11) is -1.63. The molecule has 1 aromatic heterocycles. The van der Waals surface area contributed by atoms with Gasteiger partial charge in [0.25, 0.3) is 10.0 Å². The Hall–Kier alpha value is -1.16. The summed E-state index contributed by atoms with van der Waals surface area (Å²) >= 11 is 0. The van der Waals surface area contributed by atoms with E-state index in [-0.39, 0.29) is 10.7 Å². The second-order valence-electron chi connectivity index (χ2n) is 4.03. The summed E-state index contributed by atoms with van der Waals surface area (Å²) in [4.78, 5) is 4.62. The van der Waals surface area contributed by atoms with E-state index in [0.717, 1.165) is 13.1 Å². The molecule has 0 radical (unpaired) electrons. The molecule has 1 aliphatic heterocycles. The fourth-order valence-electron chi connectivity index (χ4n) is 1.62. The number of aromatic amines is 1. The van der Waals surface area contributed by atoms with Gasteiger partial charge in [0.1, 0.15) is 10.7 Å². The number of nitrogens with two attached hydrogens (primary N) is 1. The van der Waals surface area contributed by atoms with Gasteiger partial charge >= 0.3 is 0 Å². The highest BCUT2D eigenvalue weighted by Gasteiger charge is 2.24. The Morgan fingerprint density at radius 3 is 2.59 bits per heavy atom. The molecular weight excluding hydrogens is 244 g/mol. The first-order chi connectivity index (χ1) is 7.99. The Labute approximate surface area is 99.8 Å². The molecule has 0 amide bonds. The summed E-state index contributed by atoms with van der Waals surface area (Å²) in [5.74, 6) is 0.0478. The summed E-state index contributed by atoms with van der Waals surface area (Å²) in [5.41, 5.74) is 5.49. The Kier molecular flexibility index (Phi) is 3.33. The number of hydrazine groups is 1. The fourth-order valence-corrected chi connectivity index (χ4v) is 2.76. The first-order valence-corrected chi connectivity index (χ1v) is 6.72. The molecule has 0 atom stereocenters. The van der Waals surface area contributed by atoms with Gasteiger partial charge in [-0.2, -0.15) is 5.10 Å². The Morgan fingerprint density at radius 2 is 2.06 bits per heavy atom. The van der Waals surface area contributed by atoms with Crippen LogP contribution in [0.1, 0.15) is 0 Å². The zero-order valence-electron chi connectivity index (χ0n) is 9.55. The smallest absolute Gasteiger partial charge is 0.258 e. The third-order valence-corrected chi connectivity index (χ3v) is 4.08. The average Bonchev–Trinajstić information content (AvgIpc) is 2.68. The molecule has 0 aliphatic carbocycles. The van der Waals surface area contributed by atoms with E-state index >= 15 is 0 Å². The maximum absolute atomic E-state index is 12.0. The van der Waals surface area contributed by atoms with Crippen molar-refractivity contribution in [1.29, 1.82) is 0 Å². The normalized spacial score (nSPS) is 19.6. The van der Waals surface area contributed by atoms with E-state index in [1.54, 1.807) is 5.01 Å². The van der Waals surface area contributed by atoms with E-state index in [2.05, 4.69) is 19.9 Å². The number of likely N-dealkylation sites (N-methyl/N-ethyl adjacent to an activating group) is 1. The van der Waals surface area contributed by atoms with Crippen LogP contribution in [0.25, 0.3) is 0 Å². The minimum Gasteiger partial charge on any atom is -0.383 e. The maximum atomic E-state index is 12.0. The molecule has 0 bridgehead atoms. The number of nitrogen functional groups attached to an aromatic ring is 1. The zero-order valence-corrected chi connectivity index (χ0v) is 10.4. The lowest BCUT2D eigenvalue weighted by molar-refractivity contribution is 0.135. The summed E-state index contributed by atoms with van der Waals surface area (Å²) in [6, 6.07) is 0. The van der Waals surface area contributed by atoms with Crippen LogP contribution >= 0.6 is 0 Å². The molecule has 2 heterocycles. The van der Waals surface area contributed by atoms with Gasteiger partial charge in [-0.3, -0.25) is 5.10 Å². The summed E-state index contributed by atoms with van der Waals surface area (Å²) in [5, 5.41) is 7.67. The van der Waals surface area contributed by atoms with Crippen molar-refractivity contribution >= 4 is 15.8 Å². The van der Waals surface area contributed by atoms with Crippen LogP contribution in [0.3, 0.4) is 0 Å². The van der Waals surface area contributed by atoms with E-state index in [1.165, 1.54) is 6.20 Å². The molecule has 1 fully saturated rings. The number of hydrogen-bond acceptors (Lipinski definition) is 6. The SMILES string of the molecule is CN1CCN(NS(=O)(=O)c2cn[nH]c2N)CC1. The van der Waals surface area contributed by atoms with E-state index in [9.17, 15) is 8.42 Å². The largest absolute Gasteiger partial charge is 0.383 e. The molecule has 17 heavy (non-hydrogen) atoms. The molecule has 9 heteroatoms. The number of aromatic nitrogens is 2. The summed E-state index contributed by atoms with van der Waals surface area (Å²) in [6.07, 6.45) is 1.20. The van der Waals surface area contributed by atoms with Crippen molar-refractivity contribution in [2.75, 3.05) is 39.0 Å². The highest BCUT2D eigenvalue weighted by molar-refractivity contribution is 7.89. The van der Waals surface area contributed by atoms with E-state index in [0.29, 0.717) is 13.1 Å². The molecule has 1 saturated heterocycles. The summed E-state index contributed by atoms with van der Waals surface area (Å²) in [6.45, 7) is 2.94. The third-order valence-electron chi connectivity index (χ3n) is 2.67. The highest BCUT2D eigenvalue weighted by Crippen LogP contribution is 2.14. The van der Waals surface area contributed by atoms with Gasteiger partial charge in [0.05, 0.1) is 6.20 Å². The highest BCUT2D eigenvalue weighted by atomic mass is 32.2. The molecule has 0 saturated carbocycles. The molecule has 0 aromatic carbocycles. The van der Waals surface area contributed by atoms with Crippen molar-refractivity contribution in [1.82, 2.24) is 24.9 Å². The fraction of sp³-hybridized carbons (Fsp3) is 0.625. The lowest BCUT2D eigenvalue weighted by Gasteiger charge is -2.31. The van der Waals surface area contributed by atoms with E-state index in [1.807, 2.05) is 7.05 Å². The predicted molar refractivity (Wildman–Crippen MR) is 62.4 cm³/mol. The van der Waals surface area contributed by atoms with Gasteiger partial charge in [-0.05, 0) is 7.05 Å². The molecule has 1 aromatic rings. The summed E-state index contributed by atoms with van der Waals surface area (Å²) < 4.78 is 23.9.